The molecule has 0 aromatic heterocycles. The Bertz CT molecular complexity index is 1440. The number of halogens is 5. The van der Waals surface area contributed by atoms with E-state index in [1.807, 2.05) is 18.2 Å². The van der Waals surface area contributed by atoms with Gasteiger partial charge in [-0.15, -0.1) is 0 Å². The molecule has 1 atom stereocenters. The number of hydrogen-bond acceptors (Lipinski definition) is 1. The summed E-state index contributed by atoms with van der Waals surface area (Å²) in [5.41, 5.74) is 5.42. The first kappa shape index (κ1) is 24.8. The van der Waals surface area contributed by atoms with Gasteiger partial charge in [-0.3, -0.25) is 4.79 Å². The van der Waals surface area contributed by atoms with Crippen LogP contribution in [0.2, 0.25) is 0 Å². The largest absolute Gasteiger partial charge is 0.419 e. The number of hydrogen-bond donors (Lipinski definition) is 0. The number of alkyl halides is 3. The molecule has 4 aliphatic rings. The smallest absolute Gasteiger partial charge is 0.342 e. The second-order valence-electron chi connectivity index (χ2n) is 10.4. The van der Waals surface area contributed by atoms with E-state index in [2.05, 4.69) is 30.4 Å². The lowest BCUT2D eigenvalue weighted by molar-refractivity contribution is -0.141. The van der Waals surface area contributed by atoms with Crippen molar-refractivity contribution >= 4 is 11.5 Å². The van der Waals surface area contributed by atoms with Gasteiger partial charge in [-0.05, 0) is 83.1 Å². The molecule has 38 heavy (non-hydrogen) atoms. The van der Waals surface area contributed by atoms with E-state index in [1.54, 1.807) is 4.90 Å². The lowest BCUT2D eigenvalue weighted by atomic mass is 9.76. The monoisotopic (exact) mass is 523 g/mol. The first-order valence-corrected chi connectivity index (χ1v) is 12.9. The van der Waals surface area contributed by atoms with Gasteiger partial charge in [0.15, 0.2) is 0 Å². The summed E-state index contributed by atoms with van der Waals surface area (Å²) in [6.07, 6.45) is 10.6. The van der Waals surface area contributed by atoms with Crippen molar-refractivity contribution in [3.05, 3.63) is 111 Å². The van der Waals surface area contributed by atoms with E-state index < -0.39 is 35.2 Å². The molecule has 7 heteroatoms. The summed E-state index contributed by atoms with van der Waals surface area (Å²) in [6.45, 7) is 0.462. The highest BCUT2D eigenvalue weighted by molar-refractivity contribution is 5.89. The molecule has 2 aromatic rings. The molecule has 1 amide bonds. The van der Waals surface area contributed by atoms with Crippen molar-refractivity contribution < 1.29 is 26.7 Å². The fourth-order valence-electron chi connectivity index (χ4n) is 6.45. The molecule has 2 aromatic carbocycles. The van der Waals surface area contributed by atoms with Crippen LogP contribution >= 0.6 is 0 Å². The standard InChI is InChI=1S/C31H26F5NO/c32-20-16-27(29(28(33)17-20)31(34,35)36)19-12-14-37(15-13-19)30(38)26-7-3-6-22-24-9-8-18-4-1-2-5-21(18)23(24)10-11-25(22)26/h1-3,5,7-8,10-11,16-17,19,26H,4,6,9,12-15H2. The number of carbonyl (C=O) groups is 1. The number of nitrogens with zero attached hydrogens (tertiary/aromatic N) is 1. The minimum absolute atomic E-state index is 0.0890. The number of amides is 1. The van der Waals surface area contributed by atoms with Crippen LogP contribution in [0.5, 0.6) is 0 Å². The van der Waals surface area contributed by atoms with Crippen LogP contribution in [-0.2, 0) is 23.8 Å². The Morgan fingerprint density at radius 2 is 1.71 bits per heavy atom. The predicted molar refractivity (Wildman–Crippen MR) is 135 cm³/mol. The van der Waals surface area contributed by atoms with Crippen molar-refractivity contribution in [1.29, 1.82) is 0 Å². The molecule has 1 saturated heterocycles. The van der Waals surface area contributed by atoms with Crippen molar-refractivity contribution in [2.24, 2.45) is 0 Å². The quantitative estimate of drug-likeness (QED) is 0.297. The molecule has 0 radical (unpaired) electrons. The summed E-state index contributed by atoms with van der Waals surface area (Å²) in [5, 5.41) is 0. The van der Waals surface area contributed by atoms with E-state index in [0.717, 1.165) is 30.9 Å². The molecule has 0 spiro atoms. The summed E-state index contributed by atoms with van der Waals surface area (Å²) >= 11 is 0. The number of piperidine rings is 1. The molecule has 2 nitrogen and oxygen atoms in total. The van der Waals surface area contributed by atoms with Gasteiger partial charge in [-0.25, -0.2) is 8.78 Å². The van der Waals surface area contributed by atoms with Crippen molar-refractivity contribution in [3.8, 4) is 0 Å². The minimum Gasteiger partial charge on any atom is -0.342 e. The molecule has 1 aliphatic heterocycles. The predicted octanol–water partition coefficient (Wildman–Crippen LogP) is 7.41. The lowest BCUT2D eigenvalue weighted by Gasteiger charge is -2.36. The molecule has 0 bridgehead atoms. The van der Waals surface area contributed by atoms with E-state index in [1.165, 1.54) is 27.8 Å². The van der Waals surface area contributed by atoms with E-state index >= 15 is 0 Å². The van der Waals surface area contributed by atoms with Crippen molar-refractivity contribution in [2.75, 3.05) is 13.1 Å². The first-order chi connectivity index (χ1) is 18.2. The van der Waals surface area contributed by atoms with Crippen LogP contribution in [0.4, 0.5) is 22.0 Å². The highest BCUT2D eigenvalue weighted by Crippen LogP contribution is 2.43. The molecule has 3 aliphatic carbocycles. The molecule has 0 saturated carbocycles. The second kappa shape index (κ2) is 9.37. The number of likely N-dealkylation sites (tertiary alicyclic amines) is 1. The van der Waals surface area contributed by atoms with E-state index in [9.17, 15) is 26.7 Å². The average molecular weight is 524 g/mol. The molecular formula is C31H26F5NO. The van der Waals surface area contributed by atoms with Crippen molar-refractivity contribution in [3.63, 3.8) is 0 Å². The van der Waals surface area contributed by atoms with Gasteiger partial charge in [-0.2, -0.15) is 13.2 Å². The Morgan fingerprint density at radius 1 is 0.921 bits per heavy atom. The zero-order valence-corrected chi connectivity index (χ0v) is 20.6. The van der Waals surface area contributed by atoms with Crippen LogP contribution in [0.3, 0.4) is 0 Å². The highest BCUT2D eigenvalue weighted by atomic mass is 19.4. The zero-order valence-electron chi connectivity index (χ0n) is 20.6. The molecule has 196 valence electrons. The first-order valence-electron chi connectivity index (χ1n) is 12.9. The Morgan fingerprint density at radius 3 is 2.47 bits per heavy atom. The Kier molecular flexibility index (Phi) is 6.12. The number of fused-ring (bicyclic) bond motifs is 5. The van der Waals surface area contributed by atoms with E-state index in [4.69, 9.17) is 0 Å². The van der Waals surface area contributed by atoms with Gasteiger partial charge in [0, 0.05) is 19.2 Å². The topological polar surface area (TPSA) is 20.3 Å². The maximum absolute atomic E-state index is 14.1. The summed E-state index contributed by atoms with van der Waals surface area (Å²) in [5.74, 6) is -3.85. The van der Waals surface area contributed by atoms with Crippen LogP contribution in [0.15, 0.2) is 66.3 Å². The van der Waals surface area contributed by atoms with Crippen LogP contribution < -0.4 is 0 Å². The third kappa shape index (κ3) is 4.22. The minimum atomic E-state index is -4.92. The van der Waals surface area contributed by atoms with Gasteiger partial charge >= 0.3 is 6.18 Å². The Hall–Kier alpha value is -3.48. The number of benzene rings is 2. The summed E-state index contributed by atoms with van der Waals surface area (Å²) in [6, 6.07) is 5.21. The Balaban J connectivity index is 1.23. The van der Waals surface area contributed by atoms with E-state index in [0.29, 0.717) is 0 Å². The summed E-state index contributed by atoms with van der Waals surface area (Å²) < 4.78 is 68.6. The molecule has 0 N–H and O–H groups in total. The molecule has 6 rings (SSSR count). The van der Waals surface area contributed by atoms with Gasteiger partial charge in [0.2, 0.25) is 5.91 Å². The molecular weight excluding hydrogens is 497 g/mol. The van der Waals surface area contributed by atoms with Gasteiger partial charge < -0.3 is 4.90 Å². The normalized spacial score (nSPS) is 20.9. The van der Waals surface area contributed by atoms with Gasteiger partial charge in [0.1, 0.15) is 11.6 Å². The van der Waals surface area contributed by atoms with Crippen LogP contribution in [0.1, 0.15) is 64.5 Å². The third-order valence-corrected chi connectivity index (χ3v) is 8.26. The maximum atomic E-state index is 14.1. The fraction of sp³-hybridized carbons (Fsp3) is 0.323. The van der Waals surface area contributed by atoms with Crippen molar-refractivity contribution in [1.82, 2.24) is 4.90 Å². The SMILES string of the molecule is O=C(C1C=CCc2c1ccc1c2CC=C2CC=CC=C21)N1CCC(c2cc(F)cc(F)c2C(F)(F)F)CC1. The summed E-state index contributed by atoms with van der Waals surface area (Å²) in [4.78, 5) is 15.3. The van der Waals surface area contributed by atoms with Crippen LogP contribution in [0, 0.1) is 11.6 Å². The highest BCUT2D eigenvalue weighted by Gasteiger charge is 2.40. The lowest BCUT2D eigenvalue weighted by Crippen LogP contribution is -2.41. The maximum Gasteiger partial charge on any atom is 0.419 e. The van der Waals surface area contributed by atoms with Crippen LogP contribution in [0.25, 0.3) is 5.57 Å². The van der Waals surface area contributed by atoms with E-state index in [-0.39, 0.29) is 43.5 Å². The Labute approximate surface area is 217 Å². The molecule has 1 fully saturated rings. The third-order valence-electron chi connectivity index (χ3n) is 8.26. The average Bonchev–Trinajstić information content (AvgIpc) is 2.90. The fourth-order valence-corrected chi connectivity index (χ4v) is 6.45. The number of rotatable bonds is 2. The number of carbonyl (C=O) groups excluding carboxylic acids is 1. The summed E-state index contributed by atoms with van der Waals surface area (Å²) in [7, 11) is 0. The van der Waals surface area contributed by atoms with Gasteiger partial charge in [0.25, 0.3) is 0 Å². The molecule has 1 unspecified atom stereocenters. The van der Waals surface area contributed by atoms with Gasteiger partial charge in [-0.1, -0.05) is 48.6 Å². The van der Waals surface area contributed by atoms with Gasteiger partial charge in [0.05, 0.1) is 11.5 Å². The second-order valence-corrected chi connectivity index (χ2v) is 10.4. The number of allylic oxidation sites excluding steroid dienone is 7. The van der Waals surface area contributed by atoms with Crippen LogP contribution in [-0.4, -0.2) is 23.9 Å². The molecule has 1 heterocycles. The van der Waals surface area contributed by atoms with Crippen molar-refractivity contribution in [2.45, 2.75) is 50.1 Å². The zero-order chi connectivity index (χ0) is 26.6.